The maximum atomic E-state index is 12.0. The Morgan fingerprint density at radius 2 is 1.61 bits per heavy atom. The maximum Gasteiger partial charge on any atom is 0.329 e. The molecule has 0 spiro atoms. The van der Waals surface area contributed by atoms with Gasteiger partial charge in [-0.3, -0.25) is 9.59 Å². The number of carbonyl (C=O) groups is 2. The van der Waals surface area contributed by atoms with Crippen molar-refractivity contribution in [3.05, 3.63) is 87.2 Å². The van der Waals surface area contributed by atoms with Crippen molar-refractivity contribution in [2.24, 2.45) is 5.10 Å². The number of nitrogens with zero attached hydrogens (tertiary/aromatic N) is 2. The molecule has 0 bridgehead atoms. The number of carbonyl (C=O) groups excluding carboxylic acids is 2. The quantitative estimate of drug-likeness (QED) is 0.358. The zero-order valence-electron chi connectivity index (χ0n) is 18.0. The van der Waals surface area contributed by atoms with Crippen LogP contribution < -0.4 is 10.7 Å². The SMILES string of the molecule is Cc1cc(C)cc(-n2c(C)cc(/C=N\NC(=O)C(=O)NCc3ccc(Cl)cc3)c2C)c1. The van der Waals surface area contributed by atoms with E-state index in [1.807, 2.05) is 19.9 Å². The highest BCUT2D eigenvalue weighted by Gasteiger charge is 2.13. The third-order valence-electron chi connectivity index (χ3n) is 4.88. The zero-order valence-corrected chi connectivity index (χ0v) is 18.7. The number of aryl methyl sites for hydroxylation is 3. The van der Waals surface area contributed by atoms with Gasteiger partial charge in [-0.05, 0) is 74.7 Å². The minimum atomic E-state index is -0.826. The first-order chi connectivity index (χ1) is 14.7. The lowest BCUT2D eigenvalue weighted by atomic mass is 10.1. The predicted molar refractivity (Wildman–Crippen MR) is 124 cm³/mol. The van der Waals surface area contributed by atoms with Crippen LogP contribution >= 0.6 is 11.6 Å². The van der Waals surface area contributed by atoms with Crippen LogP contribution in [0.2, 0.25) is 5.02 Å². The molecule has 0 aliphatic carbocycles. The molecule has 0 atom stereocenters. The van der Waals surface area contributed by atoms with Gasteiger partial charge in [0, 0.05) is 34.2 Å². The summed E-state index contributed by atoms with van der Waals surface area (Å²) in [4.78, 5) is 24.0. The van der Waals surface area contributed by atoms with Gasteiger partial charge in [-0.1, -0.05) is 29.8 Å². The lowest BCUT2D eigenvalue weighted by Gasteiger charge is -2.11. The van der Waals surface area contributed by atoms with Gasteiger partial charge in [0.15, 0.2) is 0 Å². The van der Waals surface area contributed by atoms with Crippen LogP contribution in [0.4, 0.5) is 0 Å². The Bertz CT molecular complexity index is 1130. The fraction of sp³-hybridized carbons (Fsp3) is 0.208. The Morgan fingerprint density at radius 3 is 2.26 bits per heavy atom. The third-order valence-corrected chi connectivity index (χ3v) is 5.13. The van der Waals surface area contributed by atoms with Crippen molar-refractivity contribution < 1.29 is 9.59 Å². The van der Waals surface area contributed by atoms with Gasteiger partial charge in [-0.25, -0.2) is 5.43 Å². The van der Waals surface area contributed by atoms with E-state index in [9.17, 15) is 9.59 Å². The Labute approximate surface area is 186 Å². The summed E-state index contributed by atoms with van der Waals surface area (Å²) in [6, 6.07) is 15.4. The number of amides is 2. The summed E-state index contributed by atoms with van der Waals surface area (Å²) in [5.74, 6) is -1.58. The minimum Gasteiger partial charge on any atom is -0.344 e. The van der Waals surface area contributed by atoms with Gasteiger partial charge in [0.25, 0.3) is 0 Å². The molecule has 160 valence electrons. The van der Waals surface area contributed by atoms with Gasteiger partial charge in [0.1, 0.15) is 0 Å². The Kier molecular flexibility index (Phi) is 6.92. The lowest BCUT2D eigenvalue weighted by molar-refractivity contribution is -0.139. The second-order valence-corrected chi connectivity index (χ2v) is 7.95. The van der Waals surface area contributed by atoms with Crippen LogP contribution in [-0.4, -0.2) is 22.6 Å². The van der Waals surface area contributed by atoms with Crippen molar-refractivity contribution in [2.45, 2.75) is 34.2 Å². The number of hydrazone groups is 1. The number of benzene rings is 2. The molecule has 31 heavy (non-hydrogen) atoms. The Morgan fingerprint density at radius 1 is 0.968 bits per heavy atom. The van der Waals surface area contributed by atoms with E-state index in [0.29, 0.717) is 5.02 Å². The van der Waals surface area contributed by atoms with E-state index in [-0.39, 0.29) is 6.54 Å². The molecule has 3 rings (SSSR count). The summed E-state index contributed by atoms with van der Waals surface area (Å²) < 4.78 is 2.14. The van der Waals surface area contributed by atoms with Crippen LogP contribution in [0.15, 0.2) is 53.6 Å². The first kappa shape index (κ1) is 22.3. The van der Waals surface area contributed by atoms with Crippen molar-refractivity contribution in [2.75, 3.05) is 0 Å². The number of rotatable bonds is 5. The van der Waals surface area contributed by atoms with Crippen molar-refractivity contribution >= 4 is 29.6 Å². The van der Waals surface area contributed by atoms with Gasteiger partial charge >= 0.3 is 11.8 Å². The van der Waals surface area contributed by atoms with Gasteiger partial charge in [0.2, 0.25) is 0 Å². The molecule has 7 heteroatoms. The van der Waals surface area contributed by atoms with Crippen LogP contribution in [0.1, 0.15) is 33.6 Å². The van der Waals surface area contributed by atoms with Crippen LogP contribution in [-0.2, 0) is 16.1 Å². The largest absolute Gasteiger partial charge is 0.344 e. The average Bonchev–Trinajstić information content (AvgIpc) is 2.99. The van der Waals surface area contributed by atoms with Gasteiger partial charge in [-0.15, -0.1) is 0 Å². The molecule has 0 aliphatic heterocycles. The summed E-state index contributed by atoms with van der Waals surface area (Å²) in [7, 11) is 0. The number of halogens is 1. The zero-order chi connectivity index (χ0) is 22.5. The van der Waals surface area contributed by atoms with Gasteiger partial charge in [-0.2, -0.15) is 5.10 Å². The van der Waals surface area contributed by atoms with Crippen LogP contribution in [0, 0.1) is 27.7 Å². The molecule has 2 amide bonds. The highest BCUT2D eigenvalue weighted by Crippen LogP contribution is 2.21. The van der Waals surface area contributed by atoms with Crippen LogP contribution in [0.25, 0.3) is 5.69 Å². The first-order valence-electron chi connectivity index (χ1n) is 9.88. The fourth-order valence-electron chi connectivity index (χ4n) is 3.47. The first-order valence-corrected chi connectivity index (χ1v) is 10.3. The molecule has 0 unspecified atom stereocenters. The van der Waals surface area contributed by atoms with Crippen molar-refractivity contribution in [1.82, 2.24) is 15.3 Å². The standard InChI is InChI=1S/C24H25ClN4O2/c1-15-9-16(2)11-22(10-15)29-17(3)12-20(18(29)4)14-27-28-24(31)23(30)26-13-19-5-7-21(25)8-6-19/h5-12,14H,13H2,1-4H3,(H,26,30)(H,28,31)/b27-14-. The molecule has 0 radical (unpaired) electrons. The van der Waals surface area contributed by atoms with E-state index in [1.165, 1.54) is 11.1 Å². The number of hydrogen-bond donors (Lipinski definition) is 2. The molecule has 3 aromatic rings. The molecular formula is C24H25ClN4O2. The van der Waals surface area contributed by atoms with Crippen molar-refractivity contribution in [3.63, 3.8) is 0 Å². The van der Waals surface area contributed by atoms with E-state index in [1.54, 1.807) is 30.5 Å². The summed E-state index contributed by atoms with van der Waals surface area (Å²) in [5, 5.41) is 7.12. The summed E-state index contributed by atoms with van der Waals surface area (Å²) >= 11 is 5.83. The third kappa shape index (κ3) is 5.61. The van der Waals surface area contributed by atoms with Gasteiger partial charge in [0.05, 0.1) is 6.21 Å². The molecule has 0 saturated heterocycles. The molecule has 2 aromatic carbocycles. The fourth-order valence-corrected chi connectivity index (χ4v) is 3.60. The van der Waals surface area contributed by atoms with E-state index in [0.717, 1.165) is 28.2 Å². The maximum absolute atomic E-state index is 12.0. The van der Waals surface area contributed by atoms with Crippen LogP contribution in [0.3, 0.4) is 0 Å². The number of nitrogens with one attached hydrogen (secondary N) is 2. The number of aromatic nitrogens is 1. The lowest BCUT2D eigenvalue weighted by Crippen LogP contribution is -2.37. The predicted octanol–water partition coefficient (Wildman–Crippen LogP) is 4.13. The monoisotopic (exact) mass is 436 g/mol. The van der Waals surface area contributed by atoms with Crippen molar-refractivity contribution in [3.8, 4) is 5.69 Å². The molecule has 2 N–H and O–H groups in total. The van der Waals surface area contributed by atoms with E-state index < -0.39 is 11.8 Å². The summed E-state index contributed by atoms with van der Waals surface area (Å²) in [6.07, 6.45) is 1.55. The average molecular weight is 437 g/mol. The Balaban J connectivity index is 1.63. The smallest absolute Gasteiger partial charge is 0.329 e. The molecular weight excluding hydrogens is 412 g/mol. The molecule has 0 fully saturated rings. The van der Waals surface area contributed by atoms with E-state index in [2.05, 4.69) is 52.5 Å². The number of hydrogen-bond acceptors (Lipinski definition) is 3. The molecule has 1 heterocycles. The molecule has 0 aliphatic rings. The Hall–Kier alpha value is -3.38. The highest BCUT2D eigenvalue weighted by molar-refractivity contribution is 6.35. The molecule has 6 nitrogen and oxygen atoms in total. The molecule has 0 saturated carbocycles. The minimum absolute atomic E-state index is 0.226. The van der Waals surface area contributed by atoms with Crippen LogP contribution in [0.5, 0.6) is 0 Å². The topological polar surface area (TPSA) is 75.5 Å². The van der Waals surface area contributed by atoms with E-state index in [4.69, 9.17) is 11.6 Å². The van der Waals surface area contributed by atoms with E-state index >= 15 is 0 Å². The van der Waals surface area contributed by atoms with Gasteiger partial charge < -0.3 is 9.88 Å². The second kappa shape index (κ2) is 9.62. The summed E-state index contributed by atoms with van der Waals surface area (Å²) in [6.45, 7) is 8.38. The molecule has 1 aromatic heterocycles. The normalized spacial score (nSPS) is 11.0. The highest BCUT2D eigenvalue weighted by atomic mass is 35.5. The van der Waals surface area contributed by atoms with Crippen molar-refractivity contribution in [1.29, 1.82) is 0 Å². The summed E-state index contributed by atoms with van der Waals surface area (Å²) in [5.41, 5.74) is 9.48. The second-order valence-electron chi connectivity index (χ2n) is 7.52.